The van der Waals surface area contributed by atoms with Crippen LogP contribution in [-0.2, 0) is 6.54 Å². The van der Waals surface area contributed by atoms with E-state index in [1.54, 1.807) is 18.5 Å². The van der Waals surface area contributed by atoms with Crippen LogP contribution in [0.5, 0.6) is 12.0 Å². The van der Waals surface area contributed by atoms with Gasteiger partial charge < -0.3 is 9.72 Å². The maximum absolute atomic E-state index is 12.9. The highest BCUT2D eigenvalue weighted by Gasteiger charge is 2.23. The Morgan fingerprint density at radius 3 is 2.72 bits per heavy atom. The van der Waals surface area contributed by atoms with Crippen LogP contribution >= 0.6 is 0 Å². The van der Waals surface area contributed by atoms with E-state index in [2.05, 4.69) is 24.9 Å². The number of hydrogen-bond acceptors (Lipinski definition) is 6. The summed E-state index contributed by atoms with van der Waals surface area (Å²) in [4.78, 5) is 33.2. The van der Waals surface area contributed by atoms with Gasteiger partial charge in [0.1, 0.15) is 5.82 Å². The van der Waals surface area contributed by atoms with E-state index in [0.717, 1.165) is 25.1 Å². The fourth-order valence-electron chi connectivity index (χ4n) is 3.30. The van der Waals surface area contributed by atoms with Crippen LogP contribution in [0.25, 0.3) is 11.2 Å². The molecule has 1 fully saturated rings. The lowest BCUT2D eigenvalue weighted by molar-refractivity contribution is 0.371. The number of nitrogens with zero attached hydrogens (tertiary/aromatic N) is 5. The molecule has 1 aliphatic rings. The number of fused-ring (bicyclic) bond motifs is 1. The summed E-state index contributed by atoms with van der Waals surface area (Å²) < 4.78 is 7.17. The summed E-state index contributed by atoms with van der Waals surface area (Å²) in [6.45, 7) is 2.50. The zero-order chi connectivity index (χ0) is 17.2. The van der Waals surface area contributed by atoms with Crippen molar-refractivity contribution in [2.24, 2.45) is 0 Å². The molecular formula is C17H20N6O2. The average molecular weight is 340 g/mol. The van der Waals surface area contributed by atoms with E-state index in [1.165, 1.54) is 17.4 Å². The van der Waals surface area contributed by atoms with Crippen molar-refractivity contribution < 1.29 is 4.74 Å². The first-order valence-corrected chi connectivity index (χ1v) is 8.71. The molecule has 4 rings (SSSR count). The highest BCUT2D eigenvalue weighted by Crippen LogP contribution is 2.33. The molecular weight excluding hydrogens is 320 g/mol. The molecule has 0 unspecified atom stereocenters. The number of aromatic nitrogens is 6. The van der Waals surface area contributed by atoms with E-state index < -0.39 is 0 Å². The molecule has 1 N–H and O–H groups in total. The number of imidazole rings is 1. The van der Waals surface area contributed by atoms with Crippen LogP contribution in [0.2, 0.25) is 0 Å². The van der Waals surface area contributed by atoms with Crippen LogP contribution in [0.3, 0.4) is 0 Å². The van der Waals surface area contributed by atoms with E-state index >= 15 is 0 Å². The summed E-state index contributed by atoms with van der Waals surface area (Å²) in [6.07, 6.45) is 8.55. The molecule has 25 heavy (non-hydrogen) atoms. The van der Waals surface area contributed by atoms with Gasteiger partial charge in [-0.1, -0.05) is 19.8 Å². The van der Waals surface area contributed by atoms with Crippen molar-refractivity contribution >= 4 is 11.2 Å². The lowest BCUT2D eigenvalue weighted by atomic mass is 10.1. The number of H-pyrrole nitrogens is 1. The van der Waals surface area contributed by atoms with E-state index in [4.69, 9.17) is 4.74 Å². The van der Waals surface area contributed by atoms with Gasteiger partial charge in [-0.15, -0.1) is 0 Å². The first-order valence-electron chi connectivity index (χ1n) is 8.71. The Morgan fingerprint density at radius 2 is 2.00 bits per heavy atom. The van der Waals surface area contributed by atoms with Crippen LogP contribution in [0.15, 0.2) is 23.3 Å². The molecule has 0 aliphatic heterocycles. The van der Waals surface area contributed by atoms with Gasteiger partial charge in [0.05, 0.1) is 0 Å². The van der Waals surface area contributed by atoms with Crippen molar-refractivity contribution in [1.29, 1.82) is 0 Å². The summed E-state index contributed by atoms with van der Waals surface area (Å²) in [6, 6.07) is 2.03. The van der Waals surface area contributed by atoms with Gasteiger partial charge in [0, 0.05) is 24.9 Å². The van der Waals surface area contributed by atoms with Gasteiger partial charge in [-0.05, 0) is 25.3 Å². The summed E-state index contributed by atoms with van der Waals surface area (Å²) in [7, 11) is 0. The lowest BCUT2D eigenvalue weighted by Gasteiger charge is -2.09. The number of rotatable bonds is 5. The molecule has 0 radical (unpaired) electrons. The predicted octanol–water partition coefficient (Wildman–Crippen LogP) is 2.77. The quantitative estimate of drug-likeness (QED) is 0.767. The number of nitrogens with one attached hydrogen (secondary N) is 1. The molecule has 0 spiro atoms. The van der Waals surface area contributed by atoms with Crippen LogP contribution in [0, 0.1) is 0 Å². The number of ether oxygens (including phenoxy) is 1. The number of aromatic amines is 1. The minimum Gasteiger partial charge on any atom is -0.390 e. The summed E-state index contributed by atoms with van der Waals surface area (Å²) in [5, 5.41) is 0. The van der Waals surface area contributed by atoms with Crippen molar-refractivity contribution in [2.45, 2.75) is 51.5 Å². The van der Waals surface area contributed by atoms with Gasteiger partial charge in [-0.2, -0.15) is 4.98 Å². The standard InChI is InChI=1S/C17H20N6O2/c1-2-10-23-15(24)12-14(21-13(20-12)11-6-3-4-7-11)22-17(23)25-16-18-8-5-9-19-16/h5,8-9,11H,2-4,6-7,10H2,1H3,(H,20,21). The van der Waals surface area contributed by atoms with Gasteiger partial charge >= 0.3 is 12.0 Å². The highest BCUT2D eigenvalue weighted by molar-refractivity contribution is 5.70. The summed E-state index contributed by atoms with van der Waals surface area (Å²) in [5.41, 5.74) is 0.663. The van der Waals surface area contributed by atoms with Crippen molar-refractivity contribution in [1.82, 2.24) is 29.5 Å². The summed E-state index contributed by atoms with van der Waals surface area (Å²) in [5.74, 6) is 1.24. The minimum absolute atomic E-state index is 0.158. The second-order valence-electron chi connectivity index (χ2n) is 6.29. The third kappa shape index (κ3) is 2.99. The molecule has 130 valence electrons. The van der Waals surface area contributed by atoms with Crippen molar-refractivity contribution in [3.8, 4) is 12.0 Å². The van der Waals surface area contributed by atoms with Gasteiger partial charge in [0.15, 0.2) is 11.2 Å². The Bertz CT molecular complexity index is 927. The largest absolute Gasteiger partial charge is 0.390 e. The molecule has 0 aromatic carbocycles. The normalized spacial score (nSPS) is 15.1. The first-order chi connectivity index (χ1) is 12.3. The SMILES string of the molecule is CCCn1c(Oc2ncccn2)nc2nc(C3CCCC3)[nH]c2c1=O. The van der Waals surface area contributed by atoms with Crippen LogP contribution < -0.4 is 10.3 Å². The van der Waals surface area contributed by atoms with Gasteiger partial charge in [-0.25, -0.2) is 15.0 Å². The molecule has 8 nitrogen and oxygen atoms in total. The molecule has 1 saturated carbocycles. The zero-order valence-corrected chi connectivity index (χ0v) is 14.1. The van der Waals surface area contributed by atoms with Crippen LogP contribution in [-0.4, -0.2) is 29.5 Å². The van der Waals surface area contributed by atoms with E-state index in [0.29, 0.717) is 23.6 Å². The minimum atomic E-state index is -0.172. The monoisotopic (exact) mass is 340 g/mol. The van der Waals surface area contributed by atoms with Gasteiger partial charge in [-0.3, -0.25) is 9.36 Å². The Balaban J connectivity index is 1.80. The fraction of sp³-hybridized carbons (Fsp3) is 0.471. The molecule has 3 aromatic rings. The van der Waals surface area contributed by atoms with Crippen LogP contribution in [0.4, 0.5) is 0 Å². The van der Waals surface area contributed by atoms with Crippen LogP contribution in [0.1, 0.15) is 50.8 Å². The molecule has 3 heterocycles. The molecule has 0 atom stereocenters. The fourth-order valence-corrected chi connectivity index (χ4v) is 3.30. The van der Waals surface area contributed by atoms with Crippen molar-refractivity contribution in [3.63, 3.8) is 0 Å². The lowest BCUT2D eigenvalue weighted by Crippen LogP contribution is -2.23. The Kier molecular flexibility index (Phi) is 4.17. The third-order valence-corrected chi connectivity index (χ3v) is 4.51. The maximum Gasteiger partial charge on any atom is 0.324 e. The predicted molar refractivity (Wildman–Crippen MR) is 91.8 cm³/mol. The first kappa shape index (κ1) is 15.7. The smallest absolute Gasteiger partial charge is 0.324 e. The molecule has 3 aromatic heterocycles. The molecule has 0 saturated heterocycles. The Labute approximate surface area is 144 Å². The van der Waals surface area contributed by atoms with E-state index in [9.17, 15) is 4.79 Å². The summed E-state index contributed by atoms with van der Waals surface area (Å²) >= 11 is 0. The Hall–Kier alpha value is -2.77. The second kappa shape index (κ2) is 6.62. The molecule has 0 amide bonds. The molecule has 8 heteroatoms. The highest BCUT2D eigenvalue weighted by atomic mass is 16.5. The molecule has 1 aliphatic carbocycles. The Morgan fingerprint density at radius 1 is 1.24 bits per heavy atom. The van der Waals surface area contributed by atoms with E-state index in [-0.39, 0.29) is 17.6 Å². The van der Waals surface area contributed by atoms with Crippen molar-refractivity contribution in [3.05, 3.63) is 34.6 Å². The zero-order valence-electron chi connectivity index (χ0n) is 14.1. The second-order valence-corrected chi connectivity index (χ2v) is 6.29. The van der Waals surface area contributed by atoms with E-state index in [1.807, 2.05) is 6.92 Å². The molecule has 0 bridgehead atoms. The van der Waals surface area contributed by atoms with Gasteiger partial charge in [0.25, 0.3) is 5.56 Å². The number of hydrogen-bond donors (Lipinski definition) is 1. The third-order valence-electron chi connectivity index (χ3n) is 4.51. The van der Waals surface area contributed by atoms with Gasteiger partial charge in [0.2, 0.25) is 0 Å². The maximum atomic E-state index is 12.9. The average Bonchev–Trinajstić information content (AvgIpc) is 3.28. The topological polar surface area (TPSA) is 98.6 Å². The van der Waals surface area contributed by atoms with Crippen molar-refractivity contribution in [2.75, 3.05) is 0 Å².